The highest BCUT2D eigenvalue weighted by Gasteiger charge is 2.14. The maximum Gasteiger partial charge on any atom is 0.196 e. The Morgan fingerprint density at radius 3 is 2.50 bits per heavy atom. The molecule has 0 fully saturated rings. The molecule has 3 heteroatoms. The van der Waals surface area contributed by atoms with Gasteiger partial charge in [-0.2, -0.15) is 0 Å². The van der Waals surface area contributed by atoms with Crippen LogP contribution in [0.3, 0.4) is 0 Å². The first kappa shape index (κ1) is 8.81. The van der Waals surface area contributed by atoms with Crippen molar-refractivity contribution in [3.63, 3.8) is 0 Å². The molecule has 2 rings (SSSR count). The second-order valence-corrected chi connectivity index (χ2v) is 2.99. The van der Waals surface area contributed by atoms with Crippen LogP contribution in [0.2, 0.25) is 0 Å². The van der Waals surface area contributed by atoms with Crippen LogP contribution in [0, 0.1) is 0 Å². The molecule has 0 unspecified atom stereocenters. The van der Waals surface area contributed by atoms with Crippen molar-refractivity contribution < 1.29 is 14.3 Å². The Kier molecular flexibility index (Phi) is 2.23. The molecule has 0 amide bonds. The minimum absolute atomic E-state index is 0.0100. The van der Waals surface area contributed by atoms with E-state index < -0.39 is 0 Å². The largest absolute Gasteiger partial charge is 0.497 e. The van der Waals surface area contributed by atoms with Crippen molar-refractivity contribution >= 4 is 11.5 Å². The maximum atomic E-state index is 10.9. The number of carbonyl (C=O) groups is 1. The van der Waals surface area contributed by atoms with E-state index in [0.717, 1.165) is 11.3 Å². The minimum atomic E-state index is 0.0100. The van der Waals surface area contributed by atoms with Gasteiger partial charge in [-0.15, -0.1) is 0 Å². The Labute approximate surface area is 81.9 Å². The van der Waals surface area contributed by atoms with Gasteiger partial charge < -0.3 is 9.47 Å². The highest BCUT2D eigenvalue weighted by molar-refractivity contribution is 5.99. The monoisotopic (exact) mass is 190 g/mol. The Morgan fingerprint density at radius 2 is 2.00 bits per heavy atom. The van der Waals surface area contributed by atoms with Gasteiger partial charge in [0, 0.05) is 11.6 Å². The molecule has 1 heterocycles. The van der Waals surface area contributed by atoms with Crippen LogP contribution in [0.15, 0.2) is 30.3 Å². The molecule has 0 aromatic heterocycles. The smallest absolute Gasteiger partial charge is 0.196 e. The number of benzene rings is 1. The van der Waals surface area contributed by atoms with Gasteiger partial charge in [0.25, 0.3) is 0 Å². The lowest BCUT2D eigenvalue weighted by Gasteiger charge is -2.03. The number of ether oxygens (including phenoxy) is 2. The maximum absolute atomic E-state index is 10.9. The normalized spacial score (nSPS) is 14.9. The van der Waals surface area contributed by atoms with Crippen molar-refractivity contribution in [2.45, 2.75) is 0 Å². The fourth-order valence-electron chi connectivity index (χ4n) is 1.30. The highest BCUT2D eigenvalue weighted by atomic mass is 16.5. The van der Waals surface area contributed by atoms with Crippen LogP contribution in [0.25, 0.3) is 5.76 Å². The molecule has 0 atom stereocenters. The lowest BCUT2D eigenvalue weighted by molar-refractivity contribution is -0.115. The van der Waals surface area contributed by atoms with E-state index in [-0.39, 0.29) is 12.4 Å². The fraction of sp³-hybridized carbons (Fsp3) is 0.182. The van der Waals surface area contributed by atoms with Crippen molar-refractivity contribution in [1.29, 1.82) is 0 Å². The quantitative estimate of drug-likeness (QED) is 0.711. The molecule has 14 heavy (non-hydrogen) atoms. The average Bonchev–Trinajstić information content (AvgIpc) is 2.65. The topological polar surface area (TPSA) is 35.5 Å². The Hall–Kier alpha value is -1.77. The predicted octanol–water partition coefficient (Wildman–Crippen LogP) is 1.64. The summed E-state index contributed by atoms with van der Waals surface area (Å²) in [5.74, 6) is 1.44. The van der Waals surface area contributed by atoms with E-state index >= 15 is 0 Å². The van der Waals surface area contributed by atoms with Gasteiger partial charge in [0.2, 0.25) is 0 Å². The average molecular weight is 190 g/mol. The van der Waals surface area contributed by atoms with Gasteiger partial charge in [0.1, 0.15) is 11.5 Å². The van der Waals surface area contributed by atoms with E-state index in [2.05, 4.69) is 0 Å². The predicted molar refractivity (Wildman–Crippen MR) is 51.9 cm³/mol. The Bertz CT molecular complexity index is 376. The van der Waals surface area contributed by atoms with Crippen molar-refractivity contribution in [2.75, 3.05) is 13.7 Å². The van der Waals surface area contributed by atoms with Gasteiger partial charge in [-0.3, -0.25) is 4.79 Å². The zero-order chi connectivity index (χ0) is 9.97. The molecule has 0 N–H and O–H groups in total. The molecule has 3 nitrogen and oxygen atoms in total. The molecule has 0 radical (unpaired) electrons. The summed E-state index contributed by atoms with van der Waals surface area (Å²) in [6, 6.07) is 7.40. The highest BCUT2D eigenvalue weighted by Crippen LogP contribution is 2.22. The molecule has 1 aliphatic rings. The molecule has 0 bridgehead atoms. The number of ketones is 1. The van der Waals surface area contributed by atoms with Crippen molar-refractivity contribution in [2.24, 2.45) is 0 Å². The van der Waals surface area contributed by atoms with Gasteiger partial charge in [0.15, 0.2) is 12.4 Å². The molecule has 1 aliphatic heterocycles. The molecule has 72 valence electrons. The summed E-state index contributed by atoms with van der Waals surface area (Å²) in [4.78, 5) is 10.9. The van der Waals surface area contributed by atoms with Crippen molar-refractivity contribution in [3.05, 3.63) is 35.9 Å². The minimum Gasteiger partial charge on any atom is -0.497 e. The van der Waals surface area contributed by atoms with Crippen LogP contribution >= 0.6 is 0 Å². The number of rotatable bonds is 2. The van der Waals surface area contributed by atoms with E-state index in [9.17, 15) is 4.79 Å². The van der Waals surface area contributed by atoms with Crippen molar-refractivity contribution in [3.8, 4) is 5.75 Å². The summed E-state index contributed by atoms with van der Waals surface area (Å²) in [7, 11) is 1.61. The molecule has 0 saturated heterocycles. The van der Waals surface area contributed by atoms with Crippen LogP contribution in [0.1, 0.15) is 5.56 Å². The number of hydrogen-bond acceptors (Lipinski definition) is 3. The lowest BCUT2D eigenvalue weighted by Crippen LogP contribution is -1.93. The van der Waals surface area contributed by atoms with E-state index in [0.29, 0.717) is 5.76 Å². The lowest BCUT2D eigenvalue weighted by atomic mass is 10.2. The first-order chi connectivity index (χ1) is 6.79. The third-order valence-corrected chi connectivity index (χ3v) is 2.04. The SMILES string of the molecule is COc1ccc(C2=CC(=O)CO2)cc1. The van der Waals surface area contributed by atoms with Gasteiger partial charge in [-0.1, -0.05) is 0 Å². The number of methoxy groups -OCH3 is 1. The van der Waals surface area contributed by atoms with E-state index in [1.54, 1.807) is 7.11 Å². The third-order valence-electron chi connectivity index (χ3n) is 2.04. The van der Waals surface area contributed by atoms with Gasteiger partial charge in [-0.25, -0.2) is 0 Å². The van der Waals surface area contributed by atoms with Crippen LogP contribution in [0.5, 0.6) is 5.75 Å². The molecular weight excluding hydrogens is 180 g/mol. The van der Waals surface area contributed by atoms with Gasteiger partial charge >= 0.3 is 0 Å². The van der Waals surface area contributed by atoms with Crippen LogP contribution in [0.4, 0.5) is 0 Å². The first-order valence-corrected chi connectivity index (χ1v) is 4.31. The van der Waals surface area contributed by atoms with Gasteiger partial charge in [0.05, 0.1) is 7.11 Å². The first-order valence-electron chi connectivity index (χ1n) is 4.31. The summed E-state index contributed by atoms with van der Waals surface area (Å²) in [6.07, 6.45) is 1.52. The zero-order valence-electron chi connectivity index (χ0n) is 7.82. The Morgan fingerprint density at radius 1 is 1.29 bits per heavy atom. The molecule has 0 spiro atoms. The summed E-state index contributed by atoms with van der Waals surface area (Å²) in [6.45, 7) is 0.154. The molecule has 0 aliphatic carbocycles. The van der Waals surface area contributed by atoms with Crippen LogP contribution < -0.4 is 4.74 Å². The van der Waals surface area contributed by atoms with Crippen LogP contribution in [-0.4, -0.2) is 19.5 Å². The summed E-state index contributed by atoms with van der Waals surface area (Å²) < 4.78 is 10.2. The number of hydrogen-bond donors (Lipinski definition) is 0. The Balaban J connectivity index is 2.25. The zero-order valence-corrected chi connectivity index (χ0v) is 7.82. The van der Waals surface area contributed by atoms with E-state index in [1.807, 2.05) is 24.3 Å². The number of carbonyl (C=O) groups excluding carboxylic acids is 1. The van der Waals surface area contributed by atoms with Crippen LogP contribution in [-0.2, 0) is 9.53 Å². The summed E-state index contributed by atoms with van der Waals surface area (Å²) in [5, 5.41) is 0. The second-order valence-electron chi connectivity index (χ2n) is 2.99. The molecular formula is C11H10O3. The molecule has 0 saturated carbocycles. The summed E-state index contributed by atoms with van der Waals surface area (Å²) >= 11 is 0. The van der Waals surface area contributed by atoms with Gasteiger partial charge in [-0.05, 0) is 24.3 Å². The molecule has 1 aromatic carbocycles. The molecule has 1 aromatic rings. The van der Waals surface area contributed by atoms with E-state index in [1.165, 1.54) is 6.08 Å². The van der Waals surface area contributed by atoms with E-state index in [4.69, 9.17) is 9.47 Å². The summed E-state index contributed by atoms with van der Waals surface area (Å²) in [5.41, 5.74) is 0.900. The second kappa shape index (κ2) is 3.54. The fourth-order valence-corrected chi connectivity index (χ4v) is 1.30. The third kappa shape index (κ3) is 1.62. The standard InChI is InChI=1S/C11H10O3/c1-13-10-4-2-8(3-5-10)11-6-9(12)7-14-11/h2-6H,7H2,1H3. The van der Waals surface area contributed by atoms with Crippen molar-refractivity contribution in [1.82, 2.24) is 0 Å².